The summed E-state index contributed by atoms with van der Waals surface area (Å²) in [5, 5.41) is 22.0. The molecule has 2 rings (SSSR count). The van der Waals surface area contributed by atoms with Gasteiger partial charge in [0.15, 0.2) is 11.5 Å². The van der Waals surface area contributed by atoms with Crippen molar-refractivity contribution in [3.63, 3.8) is 0 Å². The molecule has 0 fully saturated rings. The van der Waals surface area contributed by atoms with Gasteiger partial charge in [-0.15, -0.1) is 0 Å². The quantitative estimate of drug-likeness (QED) is 0.335. The molecule has 0 aromatic heterocycles. The maximum Gasteiger partial charge on any atom is 0.325 e. The summed E-state index contributed by atoms with van der Waals surface area (Å²) in [6, 6.07) is 12.6. The number of ether oxygens (including phenoxy) is 2. The standard InChI is InChI=1S/C23H28N2O7/c1-31-20-13-16(10-11-19(20)26)7-6-12-24-18(14-21(27)28)23(30)25(15-22(29)32-2)17-8-4-3-5-9-17/h3-5,8-11,13,18,24,26H,6-7,12,14-15H2,1-2H3,(H,27,28)/t18-/m0/s1. The van der Waals surface area contributed by atoms with Crippen LogP contribution in [0.2, 0.25) is 0 Å². The molecule has 0 saturated heterocycles. The Morgan fingerprint density at radius 3 is 2.44 bits per heavy atom. The first-order valence-electron chi connectivity index (χ1n) is 10.1. The van der Waals surface area contributed by atoms with E-state index in [2.05, 4.69) is 5.32 Å². The third kappa shape index (κ3) is 7.28. The maximum atomic E-state index is 13.2. The van der Waals surface area contributed by atoms with Crippen LogP contribution in [0.5, 0.6) is 11.5 Å². The van der Waals surface area contributed by atoms with Gasteiger partial charge in [0, 0.05) is 5.69 Å². The van der Waals surface area contributed by atoms with Gasteiger partial charge in [0.2, 0.25) is 5.91 Å². The second kappa shape index (κ2) is 12.3. The van der Waals surface area contributed by atoms with Crippen LogP contribution in [0.1, 0.15) is 18.4 Å². The molecule has 32 heavy (non-hydrogen) atoms. The molecule has 0 unspecified atom stereocenters. The lowest BCUT2D eigenvalue weighted by molar-refractivity contribution is -0.140. The third-order valence-electron chi connectivity index (χ3n) is 4.80. The number of nitrogens with one attached hydrogen (secondary N) is 1. The van der Waals surface area contributed by atoms with Crippen molar-refractivity contribution < 1.29 is 34.1 Å². The number of hydrogen-bond donors (Lipinski definition) is 3. The van der Waals surface area contributed by atoms with Crippen LogP contribution in [0.4, 0.5) is 5.69 Å². The Morgan fingerprint density at radius 2 is 1.81 bits per heavy atom. The van der Waals surface area contributed by atoms with Gasteiger partial charge in [-0.25, -0.2) is 0 Å². The molecule has 3 N–H and O–H groups in total. The van der Waals surface area contributed by atoms with Gasteiger partial charge in [0.25, 0.3) is 0 Å². The lowest BCUT2D eigenvalue weighted by Gasteiger charge is -2.26. The number of methoxy groups -OCH3 is 2. The zero-order valence-corrected chi connectivity index (χ0v) is 18.1. The maximum absolute atomic E-state index is 13.2. The van der Waals surface area contributed by atoms with Crippen LogP contribution in [0, 0.1) is 0 Å². The van der Waals surface area contributed by atoms with E-state index in [9.17, 15) is 24.6 Å². The molecular weight excluding hydrogens is 416 g/mol. The van der Waals surface area contributed by atoms with Gasteiger partial charge in [-0.05, 0) is 49.2 Å². The molecule has 2 aromatic rings. The average Bonchev–Trinajstić information content (AvgIpc) is 2.80. The van der Waals surface area contributed by atoms with E-state index in [0.717, 1.165) is 5.56 Å². The summed E-state index contributed by atoms with van der Waals surface area (Å²) in [6.45, 7) is 0.0399. The summed E-state index contributed by atoms with van der Waals surface area (Å²) >= 11 is 0. The Kier molecular flexibility index (Phi) is 9.49. The van der Waals surface area contributed by atoms with Gasteiger partial charge in [-0.3, -0.25) is 19.3 Å². The number of carboxylic acids is 1. The summed E-state index contributed by atoms with van der Waals surface area (Å²) in [4.78, 5) is 37.6. The number of carboxylic acid groups (broad SMARTS) is 1. The molecule has 0 radical (unpaired) electrons. The minimum absolute atomic E-state index is 0.0492. The van der Waals surface area contributed by atoms with Crippen molar-refractivity contribution in [2.24, 2.45) is 0 Å². The molecule has 0 heterocycles. The number of carbonyl (C=O) groups excluding carboxylic acids is 2. The fraction of sp³-hybridized carbons (Fsp3) is 0.348. The SMILES string of the molecule is COC(=O)CN(C(=O)[C@H](CC(=O)O)NCCCc1ccc(O)c(OC)c1)c1ccccc1. The second-order valence-electron chi connectivity index (χ2n) is 7.05. The van der Waals surface area contributed by atoms with Crippen molar-refractivity contribution in [2.45, 2.75) is 25.3 Å². The number of hydrogen-bond acceptors (Lipinski definition) is 7. The van der Waals surface area contributed by atoms with Gasteiger partial charge in [-0.2, -0.15) is 0 Å². The van der Waals surface area contributed by atoms with Crippen molar-refractivity contribution >= 4 is 23.5 Å². The Balaban J connectivity index is 2.07. The fourth-order valence-electron chi connectivity index (χ4n) is 3.15. The summed E-state index contributed by atoms with van der Waals surface area (Å²) in [7, 11) is 2.69. The molecule has 1 amide bonds. The van der Waals surface area contributed by atoms with Crippen LogP contribution >= 0.6 is 0 Å². The van der Waals surface area contributed by atoms with Crippen LogP contribution in [0.3, 0.4) is 0 Å². The Hall–Kier alpha value is -3.59. The number of esters is 1. The second-order valence-corrected chi connectivity index (χ2v) is 7.05. The van der Waals surface area contributed by atoms with Crippen LogP contribution in [0.25, 0.3) is 0 Å². The smallest absolute Gasteiger partial charge is 0.325 e. The van der Waals surface area contributed by atoms with E-state index in [1.165, 1.54) is 19.1 Å². The van der Waals surface area contributed by atoms with Gasteiger partial charge in [0.1, 0.15) is 6.54 Å². The number of nitrogens with zero attached hydrogens (tertiary/aromatic N) is 1. The highest BCUT2D eigenvalue weighted by Crippen LogP contribution is 2.26. The Bertz CT molecular complexity index is 918. The van der Waals surface area contributed by atoms with Crippen molar-refractivity contribution in [2.75, 3.05) is 32.2 Å². The van der Waals surface area contributed by atoms with Crippen molar-refractivity contribution in [3.05, 3.63) is 54.1 Å². The van der Waals surface area contributed by atoms with E-state index < -0.39 is 30.3 Å². The number of aliphatic carboxylic acids is 1. The average molecular weight is 444 g/mol. The van der Waals surface area contributed by atoms with Gasteiger partial charge < -0.3 is 25.0 Å². The lowest BCUT2D eigenvalue weighted by atomic mass is 10.1. The molecule has 9 nitrogen and oxygen atoms in total. The number of rotatable bonds is 12. The summed E-state index contributed by atoms with van der Waals surface area (Å²) in [5.74, 6) is -1.86. The number of phenols is 1. The van der Waals surface area contributed by atoms with Crippen LogP contribution in [0.15, 0.2) is 48.5 Å². The molecule has 0 spiro atoms. The lowest BCUT2D eigenvalue weighted by Crippen LogP contribution is -2.49. The Morgan fingerprint density at radius 1 is 1.09 bits per heavy atom. The van der Waals surface area contributed by atoms with E-state index in [0.29, 0.717) is 30.8 Å². The summed E-state index contributed by atoms with van der Waals surface area (Å²) < 4.78 is 9.79. The van der Waals surface area contributed by atoms with E-state index in [1.807, 2.05) is 0 Å². The molecule has 0 aliphatic carbocycles. The van der Waals surface area contributed by atoms with Gasteiger partial charge >= 0.3 is 11.9 Å². The van der Waals surface area contributed by atoms with Crippen LogP contribution in [-0.4, -0.2) is 61.4 Å². The molecule has 172 valence electrons. The molecule has 0 aliphatic heterocycles. The topological polar surface area (TPSA) is 125 Å². The fourth-order valence-corrected chi connectivity index (χ4v) is 3.15. The number of aryl methyl sites for hydroxylation is 1. The molecule has 9 heteroatoms. The van der Waals surface area contributed by atoms with Crippen LogP contribution < -0.4 is 15.0 Å². The highest BCUT2D eigenvalue weighted by Gasteiger charge is 2.28. The van der Waals surface area contributed by atoms with E-state index in [1.54, 1.807) is 48.5 Å². The van der Waals surface area contributed by atoms with Crippen LogP contribution in [-0.2, 0) is 25.5 Å². The number of benzene rings is 2. The molecule has 0 bridgehead atoms. The van der Waals surface area contributed by atoms with Crippen molar-refractivity contribution in [1.29, 1.82) is 0 Å². The number of phenolic OH excluding ortho intramolecular Hbond substituents is 1. The first-order chi connectivity index (χ1) is 15.3. The number of amides is 1. The highest BCUT2D eigenvalue weighted by molar-refractivity contribution is 6.02. The summed E-state index contributed by atoms with van der Waals surface area (Å²) in [6.07, 6.45) is 0.804. The number of para-hydroxylation sites is 1. The predicted molar refractivity (Wildman–Crippen MR) is 118 cm³/mol. The minimum atomic E-state index is -1.13. The molecule has 2 aromatic carbocycles. The first kappa shape index (κ1) is 24.7. The van der Waals surface area contributed by atoms with Gasteiger partial charge in [0.05, 0.1) is 26.7 Å². The molecule has 0 aliphatic rings. The van der Waals surface area contributed by atoms with Crippen molar-refractivity contribution in [3.8, 4) is 11.5 Å². The molecular formula is C23H28N2O7. The zero-order chi connectivity index (χ0) is 23.5. The highest BCUT2D eigenvalue weighted by atomic mass is 16.5. The van der Waals surface area contributed by atoms with E-state index >= 15 is 0 Å². The monoisotopic (exact) mass is 444 g/mol. The van der Waals surface area contributed by atoms with Crippen molar-refractivity contribution in [1.82, 2.24) is 5.32 Å². The number of anilines is 1. The van der Waals surface area contributed by atoms with E-state index in [4.69, 9.17) is 9.47 Å². The summed E-state index contributed by atoms with van der Waals surface area (Å²) in [5.41, 5.74) is 1.40. The molecule has 1 atom stereocenters. The third-order valence-corrected chi connectivity index (χ3v) is 4.80. The predicted octanol–water partition coefficient (Wildman–Crippen LogP) is 1.97. The number of carbonyl (C=O) groups is 3. The van der Waals surface area contributed by atoms with Gasteiger partial charge in [-0.1, -0.05) is 24.3 Å². The Labute approximate surface area is 186 Å². The zero-order valence-electron chi connectivity index (χ0n) is 18.1. The van der Waals surface area contributed by atoms with E-state index in [-0.39, 0.29) is 12.3 Å². The largest absolute Gasteiger partial charge is 0.504 e. The molecule has 0 saturated carbocycles. The number of aromatic hydroxyl groups is 1. The minimum Gasteiger partial charge on any atom is -0.504 e. The normalized spacial score (nSPS) is 11.4. The first-order valence-corrected chi connectivity index (χ1v) is 10.1.